The van der Waals surface area contributed by atoms with Crippen LogP contribution in [0.1, 0.15) is 31.0 Å². The summed E-state index contributed by atoms with van der Waals surface area (Å²) < 4.78 is 47.0. The molecular weight excluding hydrogens is 374 g/mol. The highest BCUT2D eigenvalue weighted by atomic mass is 19.3. The van der Waals surface area contributed by atoms with E-state index in [1.165, 1.54) is 17.0 Å². The first-order valence-corrected chi connectivity index (χ1v) is 8.75. The van der Waals surface area contributed by atoms with Gasteiger partial charge in [-0.3, -0.25) is 4.90 Å². The molecule has 0 spiro atoms. The molecule has 3 heterocycles. The number of halogens is 2. The van der Waals surface area contributed by atoms with Crippen molar-refractivity contribution in [2.45, 2.75) is 32.2 Å². The molecule has 2 aromatic rings. The molecule has 3 aliphatic rings. The zero-order chi connectivity index (χ0) is 19.6. The minimum absolute atomic E-state index is 0.0747. The minimum atomic E-state index is -3.74. The molecule has 28 heavy (non-hydrogen) atoms. The Hall–Kier alpha value is -3.23. The number of benzene rings is 2. The number of ether oxygens (including phenoxy) is 4. The summed E-state index contributed by atoms with van der Waals surface area (Å²) in [6.07, 6.45) is -3.74. The smallest absolute Gasteiger partial charge is 0.454 e. The Kier molecular flexibility index (Phi) is 3.40. The summed E-state index contributed by atoms with van der Waals surface area (Å²) in [4.78, 5) is 14.3. The molecule has 1 atom stereocenters. The van der Waals surface area contributed by atoms with Crippen molar-refractivity contribution in [3.05, 3.63) is 41.5 Å². The standard InChI is InChI=1S/C19H16F2N2O5/c1-9(2)23-12-7-16-15(27-19(20,21)28-16)6-11(12)17(22-18(23)24)10-3-4-13-14(5-10)26-8-25-13/h3-7,9,17H,8H2,1-2H3,(H,22,24). The summed E-state index contributed by atoms with van der Waals surface area (Å²) in [6.45, 7) is 3.80. The molecule has 3 aliphatic heterocycles. The van der Waals surface area contributed by atoms with Crippen molar-refractivity contribution in [3.8, 4) is 23.0 Å². The lowest BCUT2D eigenvalue weighted by atomic mass is 9.93. The quantitative estimate of drug-likeness (QED) is 0.846. The molecule has 2 aromatic carbocycles. The van der Waals surface area contributed by atoms with Crippen molar-refractivity contribution >= 4 is 11.7 Å². The van der Waals surface area contributed by atoms with E-state index in [9.17, 15) is 13.6 Å². The van der Waals surface area contributed by atoms with Crippen LogP contribution in [0, 0.1) is 0 Å². The van der Waals surface area contributed by atoms with E-state index in [4.69, 9.17) is 9.47 Å². The number of amides is 2. The van der Waals surface area contributed by atoms with Crippen LogP contribution in [0.3, 0.4) is 0 Å². The van der Waals surface area contributed by atoms with Gasteiger partial charge in [0.25, 0.3) is 0 Å². The summed E-state index contributed by atoms with van der Waals surface area (Å²) in [6, 6.07) is 7.11. The van der Waals surface area contributed by atoms with Gasteiger partial charge in [0.15, 0.2) is 23.0 Å². The highest BCUT2D eigenvalue weighted by Gasteiger charge is 2.45. The predicted octanol–water partition coefficient (Wildman–Crippen LogP) is 3.76. The first-order chi connectivity index (χ1) is 13.3. The van der Waals surface area contributed by atoms with Crippen LogP contribution >= 0.6 is 0 Å². The maximum atomic E-state index is 13.6. The fourth-order valence-corrected chi connectivity index (χ4v) is 3.69. The maximum absolute atomic E-state index is 13.6. The molecule has 0 saturated heterocycles. The fraction of sp³-hybridized carbons (Fsp3) is 0.316. The number of carbonyl (C=O) groups is 1. The van der Waals surface area contributed by atoms with E-state index in [0.717, 1.165) is 5.56 Å². The van der Waals surface area contributed by atoms with Crippen LogP contribution in [0.2, 0.25) is 0 Å². The zero-order valence-electron chi connectivity index (χ0n) is 15.0. The number of hydrogen-bond donors (Lipinski definition) is 1. The summed E-state index contributed by atoms with van der Waals surface area (Å²) in [5.74, 6) is 0.995. The second-order valence-corrected chi connectivity index (χ2v) is 6.98. The highest BCUT2D eigenvalue weighted by molar-refractivity contribution is 5.97. The number of fused-ring (bicyclic) bond motifs is 3. The number of hydrogen-bond acceptors (Lipinski definition) is 5. The highest BCUT2D eigenvalue weighted by Crippen LogP contribution is 2.49. The summed E-state index contributed by atoms with van der Waals surface area (Å²) in [5.41, 5.74) is 1.83. The Bertz CT molecular complexity index is 995. The van der Waals surface area contributed by atoms with E-state index in [-0.39, 0.29) is 30.4 Å². The molecule has 146 valence electrons. The molecular formula is C19H16F2N2O5. The third kappa shape index (κ3) is 2.49. The van der Waals surface area contributed by atoms with Crippen LogP contribution in [-0.2, 0) is 0 Å². The lowest BCUT2D eigenvalue weighted by molar-refractivity contribution is -0.286. The minimum Gasteiger partial charge on any atom is -0.454 e. The van der Waals surface area contributed by atoms with E-state index in [2.05, 4.69) is 14.8 Å². The van der Waals surface area contributed by atoms with Crippen molar-refractivity contribution in [1.29, 1.82) is 0 Å². The van der Waals surface area contributed by atoms with E-state index in [1.807, 2.05) is 13.8 Å². The molecule has 0 fully saturated rings. The largest absolute Gasteiger partial charge is 0.586 e. The summed E-state index contributed by atoms with van der Waals surface area (Å²) in [7, 11) is 0. The number of urea groups is 1. The van der Waals surface area contributed by atoms with E-state index in [1.54, 1.807) is 18.2 Å². The number of anilines is 1. The average Bonchev–Trinajstić information content (AvgIpc) is 3.20. The van der Waals surface area contributed by atoms with Crippen LogP contribution in [0.25, 0.3) is 0 Å². The van der Waals surface area contributed by atoms with Crippen molar-refractivity contribution < 1.29 is 32.5 Å². The maximum Gasteiger partial charge on any atom is 0.586 e. The molecule has 7 nitrogen and oxygen atoms in total. The van der Waals surface area contributed by atoms with Crippen LogP contribution in [0.5, 0.6) is 23.0 Å². The van der Waals surface area contributed by atoms with Crippen LogP contribution < -0.4 is 29.2 Å². The number of carbonyl (C=O) groups excluding carboxylic acids is 1. The topological polar surface area (TPSA) is 69.3 Å². The molecule has 0 saturated carbocycles. The lowest BCUT2D eigenvalue weighted by Gasteiger charge is -2.37. The Balaban J connectivity index is 1.65. The average molecular weight is 390 g/mol. The van der Waals surface area contributed by atoms with Gasteiger partial charge in [-0.05, 0) is 37.6 Å². The molecule has 5 rings (SSSR count). The molecule has 9 heteroatoms. The van der Waals surface area contributed by atoms with E-state index >= 15 is 0 Å². The number of nitrogens with zero attached hydrogens (tertiary/aromatic N) is 1. The first-order valence-electron chi connectivity index (χ1n) is 8.75. The van der Waals surface area contributed by atoms with Gasteiger partial charge in [0.2, 0.25) is 6.79 Å². The SMILES string of the molecule is CC(C)N1C(=O)NC(c2ccc3c(c2)OCO3)c2cc3c(cc21)OC(F)(F)O3. The first kappa shape index (κ1) is 16.9. The molecule has 1 unspecified atom stereocenters. The monoisotopic (exact) mass is 390 g/mol. The van der Waals surface area contributed by atoms with Crippen molar-refractivity contribution in [3.63, 3.8) is 0 Å². The molecule has 0 radical (unpaired) electrons. The fourth-order valence-electron chi connectivity index (χ4n) is 3.69. The van der Waals surface area contributed by atoms with Crippen LogP contribution in [-0.4, -0.2) is 25.2 Å². The predicted molar refractivity (Wildman–Crippen MR) is 93.2 cm³/mol. The molecule has 0 aromatic heterocycles. The van der Waals surface area contributed by atoms with Crippen LogP contribution in [0.15, 0.2) is 30.3 Å². The summed E-state index contributed by atoms with van der Waals surface area (Å²) >= 11 is 0. The van der Waals surface area contributed by atoms with Gasteiger partial charge in [-0.2, -0.15) is 0 Å². The van der Waals surface area contributed by atoms with Gasteiger partial charge in [-0.25, -0.2) is 4.79 Å². The van der Waals surface area contributed by atoms with Gasteiger partial charge >= 0.3 is 12.3 Å². The third-order valence-corrected chi connectivity index (χ3v) is 4.85. The van der Waals surface area contributed by atoms with Crippen molar-refractivity contribution in [2.24, 2.45) is 0 Å². The van der Waals surface area contributed by atoms with Gasteiger partial charge < -0.3 is 24.3 Å². The molecule has 0 bridgehead atoms. The second kappa shape index (κ2) is 5.63. The van der Waals surface area contributed by atoms with Crippen molar-refractivity contribution in [2.75, 3.05) is 11.7 Å². The van der Waals surface area contributed by atoms with E-state index in [0.29, 0.717) is 22.7 Å². The van der Waals surface area contributed by atoms with Crippen LogP contribution in [0.4, 0.5) is 19.3 Å². The number of rotatable bonds is 2. The van der Waals surface area contributed by atoms with E-state index < -0.39 is 12.3 Å². The normalized spacial score (nSPS) is 21.0. The Morgan fingerprint density at radius 3 is 2.54 bits per heavy atom. The molecule has 0 aliphatic carbocycles. The number of nitrogens with one attached hydrogen (secondary N) is 1. The third-order valence-electron chi connectivity index (χ3n) is 4.85. The Morgan fingerprint density at radius 1 is 1.07 bits per heavy atom. The van der Waals surface area contributed by atoms with Gasteiger partial charge in [0.1, 0.15) is 0 Å². The van der Waals surface area contributed by atoms with Gasteiger partial charge in [0.05, 0.1) is 11.7 Å². The zero-order valence-corrected chi connectivity index (χ0v) is 15.0. The Labute approximate surface area is 158 Å². The van der Waals surface area contributed by atoms with Gasteiger partial charge in [-0.1, -0.05) is 6.07 Å². The second-order valence-electron chi connectivity index (χ2n) is 6.98. The molecule has 1 N–H and O–H groups in total. The Morgan fingerprint density at radius 2 is 1.79 bits per heavy atom. The lowest BCUT2D eigenvalue weighted by Crippen LogP contribution is -2.50. The number of alkyl halides is 2. The summed E-state index contributed by atoms with van der Waals surface area (Å²) in [5, 5.41) is 2.93. The van der Waals surface area contributed by atoms with Crippen molar-refractivity contribution in [1.82, 2.24) is 5.32 Å². The van der Waals surface area contributed by atoms with Gasteiger partial charge in [-0.15, -0.1) is 8.78 Å². The molecule has 2 amide bonds. The van der Waals surface area contributed by atoms with Gasteiger partial charge in [0, 0.05) is 17.7 Å².